The number of rotatable bonds is 1. The Morgan fingerprint density at radius 3 is 2.33 bits per heavy atom. The largest absolute Gasteiger partial charge is 0.332 e. The Balaban J connectivity index is 2.33. The summed E-state index contributed by atoms with van der Waals surface area (Å²) in [5.41, 5.74) is 2.30. The first-order valence-corrected chi connectivity index (χ1v) is 6.49. The van der Waals surface area contributed by atoms with E-state index in [-0.39, 0.29) is 5.52 Å². The third-order valence-corrected chi connectivity index (χ3v) is 3.50. The lowest BCUT2D eigenvalue weighted by molar-refractivity contribution is 0.704. The maximum atomic E-state index is 12.0. The van der Waals surface area contributed by atoms with Crippen LogP contribution < -0.4 is 11.2 Å². The summed E-state index contributed by atoms with van der Waals surface area (Å²) in [6.07, 6.45) is 1.55. The Morgan fingerprint density at radius 2 is 1.67 bits per heavy atom. The van der Waals surface area contributed by atoms with Crippen LogP contribution in [0.3, 0.4) is 0 Å². The van der Waals surface area contributed by atoms with Gasteiger partial charge in [0.1, 0.15) is 0 Å². The molecule has 6 heteroatoms. The quantitative estimate of drug-likeness (QED) is 0.667. The van der Waals surface area contributed by atoms with Crippen molar-refractivity contribution in [2.45, 2.75) is 6.92 Å². The van der Waals surface area contributed by atoms with Gasteiger partial charge in [-0.1, -0.05) is 29.8 Å². The molecule has 106 valence electrons. The molecular formula is C15H14N4O2. The molecule has 0 N–H and O–H groups in total. The van der Waals surface area contributed by atoms with Crippen LogP contribution in [-0.4, -0.2) is 19.1 Å². The monoisotopic (exact) mass is 282 g/mol. The highest BCUT2D eigenvalue weighted by Gasteiger charge is 2.12. The van der Waals surface area contributed by atoms with Gasteiger partial charge in [0.2, 0.25) is 0 Å². The van der Waals surface area contributed by atoms with Gasteiger partial charge in [0.15, 0.2) is 11.2 Å². The number of hydrogen-bond acceptors (Lipinski definition) is 4. The van der Waals surface area contributed by atoms with Gasteiger partial charge in [0.05, 0.1) is 11.9 Å². The zero-order valence-corrected chi connectivity index (χ0v) is 12.0. The van der Waals surface area contributed by atoms with Crippen LogP contribution in [0.15, 0.2) is 40.1 Å². The van der Waals surface area contributed by atoms with Crippen LogP contribution >= 0.6 is 0 Å². The maximum Gasteiger partial charge on any atom is 0.332 e. The molecule has 6 nitrogen and oxygen atoms in total. The summed E-state index contributed by atoms with van der Waals surface area (Å²) in [5, 5.41) is 0. The predicted molar refractivity (Wildman–Crippen MR) is 80.2 cm³/mol. The SMILES string of the molecule is Cc1ccc(-c2cnc3c(=O)n(C)c(=O)n(C)c3n2)cc1. The van der Waals surface area contributed by atoms with Gasteiger partial charge in [0, 0.05) is 19.7 Å². The van der Waals surface area contributed by atoms with E-state index in [2.05, 4.69) is 9.97 Å². The zero-order chi connectivity index (χ0) is 15.1. The van der Waals surface area contributed by atoms with Gasteiger partial charge in [-0.05, 0) is 6.92 Å². The topological polar surface area (TPSA) is 69.8 Å². The van der Waals surface area contributed by atoms with Crippen molar-refractivity contribution in [3.8, 4) is 11.3 Å². The molecule has 3 aromatic rings. The normalized spacial score (nSPS) is 11.0. The highest BCUT2D eigenvalue weighted by atomic mass is 16.2. The first-order valence-electron chi connectivity index (χ1n) is 6.49. The molecule has 0 unspecified atom stereocenters. The molecular weight excluding hydrogens is 268 g/mol. The second-order valence-electron chi connectivity index (χ2n) is 5.00. The van der Waals surface area contributed by atoms with Gasteiger partial charge in [-0.3, -0.25) is 13.9 Å². The molecule has 0 spiro atoms. The molecule has 0 atom stereocenters. The molecule has 21 heavy (non-hydrogen) atoms. The Morgan fingerprint density at radius 1 is 1.00 bits per heavy atom. The Hall–Kier alpha value is -2.76. The van der Waals surface area contributed by atoms with Gasteiger partial charge in [-0.25, -0.2) is 14.8 Å². The van der Waals surface area contributed by atoms with E-state index in [1.54, 1.807) is 13.2 Å². The fourth-order valence-electron chi connectivity index (χ4n) is 2.19. The van der Waals surface area contributed by atoms with Gasteiger partial charge in [-0.15, -0.1) is 0 Å². The molecule has 0 radical (unpaired) electrons. The fraction of sp³-hybridized carbons (Fsp3) is 0.200. The first kappa shape index (κ1) is 13.2. The molecule has 2 aromatic heterocycles. The smallest absolute Gasteiger partial charge is 0.279 e. The number of aryl methyl sites for hydroxylation is 2. The van der Waals surface area contributed by atoms with E-state index in [1.165, 1.54) is 11.6 Å². The van der Waals surface area contributed by atoms with Crippen molar-refractivity contribution in [1.29, 1.82) is 0 Å². The molecule has 1 aromatic carbocycles. The summed E-state index contributed by atoms with van der Waals surface area (Å²) in [6, 6.07) is 7.82. The van der Waals surface area contributed by atoms with Crippen molar-refractivity contribution in [1.82, 2.24) is 19.1 Å². The van der Waals surface area contributed by atoms with E-state index in [9.17, 15) is 9.59 Å². The van der Waals surface area contributed by atoms with E-state index < -0.39 is 11.2 Å². The molecule has 0 saturated carbocycles. The summed E-state index contributed by atoms with van der Waals surface area (Å²) in [4.78, 5) is 32.6. The molecule has 0 amide bonds. The lowest BCUT2D eigenvalue weighted by atomic mass is 10.1. The lowest BCUT2D eigenvalue weighted by Crippen LogP contribution is -2.37. The van der Waals surface area contributed by atoms with E-state index in [0.29, 0.717) is 11.3 Å². The minimum absolute atomic E-state index is 0.190. The first-order chi connectivity index (χ1) is 9.99. The van der Waals surface area contributed by atoms with E-state index in [4.69, 9.17) is 0 Å². The molecule has 0 aliphatic heterocycles. The van der Waals surface area contributed by atoms with Crippen LogP contribution in [0, 0.1) is 6.92 Å². The zero-order valence-electron chi connectivity index (χ0n) is 12.0. The Kier molecular flexibility index (Phi) is 2.94. The summed E-state index contributed by atoms with van der Waals surface area (Å²) in [6.45, 7) is 2.00. The van der Waals surface area contributed by atoms with Gasteiger partial charge < -0.3 is 0 Å². The van der Waals surface area contributed by atoms with Crippen molar-refractivity contribution in [2.75, 3.05) is 0 Å². The Bertz CT molecular complexity index is 952. The predicted octanol–water partition coefficient (Wildman–Crippen LogP) is 1.00. The van der Waals surface area contributed by atoms with Crippen LogP contribution in [0.1, 0.15) is 5.56 Å². The van der Waals surface area contributed by atoms with E-state index >= 15 is 0 Å². The lowest BCUT2D eigenvalue weighted by Gasteiger charge is -2.07. The number of aromatic nitrogens is 4. The van der Waals surface area contributed by atoms with Crippen LogP contribution in [0.5, 0.6) is 0 Å². The Labute approximate surface area is 120 Å². The number of fused-ring (bicyclic) bond motifs is 1. The van der Waals surface area contributed by atoms with Crippen molar-refractivity contribution in [2.24, 2.45) is 14.1 Å². The van der Waals surface area contributed by atoms with Crippen molar-refractivity contribution in [3.63, 3.8) is 0 Å². The third-order valence-electron chi connectivity index (χ3n) is 3.50. The number of nitrogens with zero attached hydrogens (tertiary/aromatic N) is 4. The average Bonchev–Trinajstić information content (AvgIpc) is 2.51. The van der Waals surface area contributed by atoms with Crippen LogP contribution in [0.2, 0.25) is 0 Å². The summed E-state index contributed by atoms with van der Waals surface area (Å²) in [7, 11) is 3.01. The molecule has 0 bridgehead atoms. The molecule has 2 heterocycles. The van der Waals surface area contributed by atoms with Crippen LogP contribution in [0.25, 0.3) is 22.4 Å². The second-order valence-corrected chi connectivity index (χ2v) is 5.00. The minimum Gasteiger partial charge on any atom is -0.279 e. The van der Waals surface area contributed by atoms with Gasteiger partial charge in [-0.2, -0.15) is 0 Å². The molecule has 3 rings (SSSR count). The van der Waals surface area contributed by atoms with E-state index in [1.807, 2.05) is 31.2 Å². The van der Waals surface area contributed by atoms with Crippen molar-refractivity contribution < 1.29 is 0 Å². The summed E-state index contributed by atoms with van der Waals surface area (Å²) < 4.78 is 2.37. The van der Waals surface area contributed by atoms with Crippen molar-refractivity contribution in [3.05, 3.63) is 56.9 Å². The third kappa shape index (κ3) is 2.05. The van der Waals surface area contributed by atoms with E-state index in [0.717, 1.165) is 15.7 Å². The summed E-state index contributed by atoms with van der Waals surface area (Å²) in [5.74, 6) is 0. The van der Waals surface area contributed by atoms with Crippen LogP contribution in [-0.2, 0) is 14.1 Å². The van der Waals surface area contributed by atoms with Crippen LogP contribution in [0.4, 0.5) is 0 Å². The molecule has 0 fully saturated rings. The fourth-order valence-corrected chi connectivity index (χ4v) is 2.19. The maximum absolute atomic E-state index is 12.0. The molecule has 0 aliphatic rings. The minimum atomic E-state index is -0.434. The highest BCUT2D eigenvalue weighted by molar-refractivity contribution is 5.72. The molecule has 0 aliphatic carbocycles. The van der Waals surface area contributed by atoms with Crippen molar-refractivity contribution >= 4 is 11.2 Å². The average molecular weight is 282 g/mol. The van der Waals surface area contributed by atoms with Gasteiger partial charge in [0.25, 0.3) is 5.56 Å². The molecule has 0 saturated heterocycles. The summed E-state index contributed by atoms with van der Waals surface area (Å²) >= 11 is 0. The highest BCUT2D eigenvalue weighted by Crippen LogP contribution is 2.17. The standard InChI is InChI=1S/C15H14N4O2/c1-9-4-6-10(7-5-9)11-8-16-12-13(17-11)18(2)15(21)19(3)14(12)20/h4-8H,1-3H3. The van der Waals surface area contributed by atoms with Gasteiger partial charge >= 0.3 is 5.69 Å². The number of hydrogen-bond donors (Lipinski definition) is 0. The second kappa shape index (κ2) is 4.66. The number of benzene rings is 1.